The van der Waals surface area contributed by atoms with Crippen molar-refractivity contribution in [3.63, 3.8) is 0 Å². The van der Waals surface area contributed by atoms with Crippen LogP contribution in [0.5, 0.6) is 0 Å². The van der Waals surface area contributed by atoms with Gasteiger partial charge in [-0.25, -0.2) is 0 Å². The molecule has 4 nitrogen and oxygen atoms in total. The average Bonchev–Trinajstić information content (AvgIpc) is 2.33. The summed E-state index contributed by atoms with van der Waals surface area (Å²) in [5, 5.41) is 2.79. The molecule has 1 atom stereocenters. The predicted molar refractivity (Wildman–Crippen MR) is 77.2 cm³/mol. The van der Waals surface area contributed by atoms with Crippen molar-refractivity contribution in [1.82, 2.24) is 5.32 Å². The van der Waals surface area contributed by atoms with Crippen molar-refractivity contribution in [1.29, 1.82) is 0 Å². The number of aliphatic imine (C=N–C) groups is 1. The molecule has 0 saturated heterocycles. The van der Waals surface area contributed by atoms with Crippen LogP contribution in [0.1, 0.15) is 36.0 Å². The van der Waals surface area contributed by atoms with Gasteiger partial charge in [0.2, 0.25) is 5.91 Å². The van der Waals surface area contributed by atoms with Gasteiger partial charge in [0, 0.05) is 21.5 Å². The summed E-state index contributed by atoms with van der Waals surface area (Å²) in [5.74, 6) is -0.0960. The average molecular weight is 241 g/mol. The van der Waals surface area contributed by atoms with Crippen LogP contribution in [0.2, 0.25) is 0 Å². The van der Waals surface area contributed by atoms with Crippen LogP contribution in [-0.2, 0) is 4.79 Å². The first-order valence-corrected chi connectivity index (χ1v) is 5.97. The fourth-order valence-corrected chi connectivity index (χ4v) is 1.31. The third kappa shape index (κ3) is 7.47. The van der Waals surface area contributed by atoms with Gasteiger partial charge in [0.15, 0.2) is 0 Å². The second kappa shape index (κ2) is 9.78. The molecule has 0 fully saturated rings. The summed E-state index contributed by atoms with van der Waals surface area (Å²) in [6.45, 7) is 7.97. The van der Waals surface area contributed by atoms with Crippen LogP contribution in [-0.4, -0.2) is 25.2 Å². The van der Waals surface area contributed by atoms with Gasteiger partial charge in [-0.1, -0.05) is 25.5 Å². The van der Waals surface area contributed by atoms with Gasteiger partial charge in [-0.3, -0.25) is 9.79 Å². The summed E-state index contributed by atoms with van der Waals surface area (Å²) in [4.78, 5) is 15.4. The molecule has 1 amide bonds. The molecule has 0 unspecified atom stereocenters. The Morgan fingerprint density at radius 1 is 1.65 bits per heavy atom. The highest BCUT2D eigenvalue weighted by Crippen LogP contribution is 2.01. The molecular weight excluding hydrogens is 214 g/mol. The maximum atomic E-state index is 11.5. The monoisotopic (exact) mass is 241 g/mol. The summed E-state index contributed by atoms with van der Waals surface area (Å²) in [6.07, 6.45) is 7.99. The molecule has 0 aliphatic rings. The smallest absolute Gasteiger partial charge is 0.236 e. The second-order valence-corrected chi connectivity index (χ2v) is 3.78. The van der Waals surface area contributed by atoms with Crippen LogP contribution in [0.15, 0.2) is 28.9 Å². The van der Waals surface area contributed by atoms with Gasteiger partial charge in [-0.05, 0) is 26.1 Å². The van der Waals surface area contributed by atoms with Crippen molar-refractivity contribution < 1.29 is 7.65 Å². The standard InChI is InChI=1S/C13H23N3O.2H2/c1-4-6-8-11(15-3)9-10-16-13(17)12(14)7-5-2;;/h4,6,8,12H,3,5,7,9-10,14H2,1-2H3,(H,16,17);2*1H/b6-4-,11-8-;;/t12-;;/m0../s1. The van der Waals surface area contributed by atoms with Gasteiger partial charge in [0.25, 0.3) is 0 Å². The molecule has 4 heteroatoms. The highest BCUT2D eigenvalue weighted by molar-refractivity contribution is 5.81. The van der Waals surface area contributed by atoms with Gasteiger partial charge in [0.1, 0.15) is 0 Å². The lowest BCUT2D eigenvalue weighted by Crippen LogP contribution is -2.40. The molecule has 100 valence electrons. The highest BCUT2D eigenvalue weighted by atomic mass is 16.2. The SMILES string of the molecule is C=N/C(=C\C=C/C)CCNC(=O)[C@@H](N)CCC.[HH].[HH]. The van der Waals surface area contributed by atoms with Gasteiger partial charge < -0.3 is 11.1 Å². The Morgan fingerprint density at radius 3 is 2.88 bits per heavy atom. The van der Waals surface area contributed by atoms with E-state index in [4.69, 9.17) is 5.73 Å². The van der Waals surface area contributed by atoms with Gasteiger partial charge in [-0.2, -0.15) is 0 Å². The Morgan fingerprint density at radius 2 is 2.35 bits per heavy atom. The van der Waals surface area contributed by atoms with E-state index in [-0.39, 0.29) is 8.76 Å². The van der Waals surface area contributed by atoms with E-state index in [1.807, 2.05) is 32.1 Å². The second-order valence-electron chi connectivity index (χ2n) is 3.78. The number of amides is 1. The van der Waals surface area contributed by atoms with Gasteiger partial charge >= 0.3 is 0 Å². The Bertz CT molecular complexity index is 304. The third-order valence-corrected chi connectivity index (χ3v) is 2.30. The molecule has 0 aliphatic heterocycles. The van der Waals surface area contributed by atoms with E-state index in [1.54, 1.807) is 0 Å². The van der Waals surface area contributed by atoms with Crippen LogP contribution in [0.4, 0.5) is 0 Å². The van der Waals surface area contributed by atoms with Crippen molar-refractivity contribution in [3.05, 3.63) is 23.9 Å². The fraction of sp³-hybridized carbons (Fsp3) is 0.538. The molecule has 0 spiro atoms. The van der Waals surface area contributed by atoms with Crippen LogP contribution in [0.3, 0.4) is 0 Å². The van der Waals surface area contributed by atoms with Crippen LogP contribution in [0.25, 0.3) is 0 Å². The third-order valence-electron chi connectivity index (χ3n) is 2.30. The minimum absolute atomic E-state index is 0. The summed E-state index contributed by atoms with van der Waals surface area (Å²) >= 11 is 0. The Kier molecular flexibility index (Phi) is 8.96. The van der Waals surface area contributed by atoms with E-state index in [9.17, 15) is 4.79 Å². The van der Waals surface area contributed by atoms with E-state index in [1.165, 1.54) is 0 Å². The Balaban J connectivity index is -0.00000128. The van der Waals surface area contributed by atoms with E-state index in [0.717, 1.165) is 12.1 Å². The molecule has 0 bridgehead atoms. The van der Waals surface area contributed by atoms with Gasteiger partial charge in [0.05, 0.1) is 6.04 Å². The minimum Gasteiger partial charge on any atom is -0.354 e. The maximum absolute atomic E-state index is 11.5. The first-order chi connectivity index (χ1) is 8.15. The number of hydrogen-bond acceptors (Lipinski definition) is 3. The molecule has 0 aromatic heterocycles. The minimum atomic E-state index is -0.403. The number of allylic oxidation sites excluding steroid dienone is 3. The lowest BCUT2D eigenvalue weighted by Gasteiger charge is -2.10. The highest BCUT2D eigenvalue weighted by Gasteiger charge is 2.10. The molecule has 17 heavy (non-hydrogen) atoms. The van der Waals surface area contributed by atoms with Crippen molar-refractivity contribution in [2.45, 2.75) is 39.2 Å². The molecule has 0 aromatic carbocycles. The Hall–Kier alpha value is -1.42. The maximum Gasteiger partial charge on any atom is 0.236 e. The molecule has 0 aliphatic carbocycles. The first kappa shape index (κ1) is 15.6. The molecule has 0 aromatic rings. The topological polar surface area (TPSA) is 67.5 Å². The van der Waals surface area contributed by atoms with Crippen molar-refractivity contribution in [3.8, 4) is 0 Å². The summed E-state index contributed by atoms with van der Waals surface area (Å²) < 4.78 is 0. The van der Waals surface area contributed by atoms with E-state index < -0.39 is 6.04 Å². The summed E-state index contributed by atoms with van der Waals surface area (Å²) in [5.41, 5.74) is 6.54. The van der Waals surface area contributed by atoms with E-state index in [0.29, 0.717) is 19.4 Å². The molecule has 0 saturated carbocycles. The number of hydrogen-bond donors (Lipinski definition) is 2. The molecular formula is C13H27N3O. The number of carbonyl (C=O) groups excluding carboxylic acids is 1. The molecule has 3 N–H and O–H groups in total. The largest absolute Gasteiger partial charge is 0.354 e. The summed E-state index contributed by atoms with van der Waals surface area (Å²) in [6, 6.07) is -0.403. The van der Waals surface area contributed by atoms with Gasteiger partial charge in [-0.15, -0.1) is 0 Å². The van der Waals surface area contributed by atoms with Crippen molar-refractivity contribution >= 4 is 12.6 Å². The number of nitrogens with zero attached hydrogens (tertiary/aromatic N) is 1. The predicted octanol–water partition coefficient (Wildman–Crippen LogP) is 2.27. The Labute approximate surface area is 107 Å². The number of nitrogens with two attached hydrogens (primary N) is 1. The number of nitrogens with one attached hydrogen (secondary N) is 1. The molecule has 0 radical (unpaired) electrons. The van der Waals surface area contributed by atoms with E-state index >= 15 is 0 Å². The fourth-order valence-electron chi connectivity index (χ4n) is 1.31. The molecule has 0 rings (SSSR count). The van der Waals surface area contributed by atoms with E-state index in [2.05, 4.69) is 17.0 Å². The lowest BCUT2D eigenvalue weighted by atomic mass is 10.1. The lowest BCUT2D eigenvalue weighted by molar-refractivity contribution is -0.122. The number of carbonyl (C=O) groups is 1. The zero-order valence-corrected chi connectivity index (χ0v) is 10.8. The van der Waals surface area contributed by atoms with Crippen LogP contribution >= 0.6 is 0 Å². The quantitative estimate of drug-likeness (QED) is 0.505. The zero-order chi connectivity index (χ0) is 13.1. The summed E-state index contributed by atoms with van der Waals surface area (Å²) in [7, 11) is 0. The van der Waals surface area contributed by atoms with Crippen LogP contribution in [0, 0.1) is 0 Å². The number of rotatable bonds is 8. The normalized spacial score (nSPS) is 13.7. The molecule has 0 heterocycles. The first-order valence-electron chi connectivity index (χ1n) is 5.97. The van der Waals surface area contributed by atoms with Crippen molar-refractivity contribution in [2.75, 3.05) is 6.54 Å². The van der Waals surface area contributed by atoms with Crippen molar-refractivity contribution in [2.24, 2.45) is 10.7 Å². The van der Waals surface area contributed by atoms with Crippen LogP contribution < -0.4 is 11.1 Å². The zero-order valence-electron chi connectivity index (χ0n) is 10.8.